The van der Waals surface area contributed by atoms with Crippen LogP contribution in [0, 0.1) is 0 Å². The maximum absolute atomic E-state index is 4.47. The number of aryl methyl sites for hydroxylation is 2. The highest BCUT2D eigenvalue weighted by atomic mass is 79.9. The fourth-order valence-corrected chi connectivity index (χ4v) is 2.55. The molecule has 0 atom stereocenters. The number of hydrogen-bond acceptors (Lipinski definition) is 1. The number of halogens is 1. The van der Waals surface area contributed by atoms with Gasteiger partial charge in [0, 0.05) is 28.3 Å². The molecule has 3 rings (SSSR count). The Bertz CT molecular complexity index is 487. The van der Waals surface area contributed by atoms with Crippen molar-refractivity contribution < 1.29 is 0 Å². The van der Waals surface area contributed by atoms with Gasteiger partial charge in [-0.1, -0.05) is 0 Å². The summed E-state index contributed by atoms with van der Waals surface area (Å²) in [5, 5.41) is 1.26. The summed E-state index contributed by atoms with van der Waals surface area (Å²) in [6, 6.07) is 4.42. The molecule has 0 aliphatic carbocycles. The van der Waals surface area contributed by atoms with Crippen LogP contribution in [0.25, 0.3) is 11.0 Å². The third-order valence-corrected chi connectivity index (χ3v) is 3.28. The Labute approximate surface area is 91.1 Å². The standard InChI is InChI=1S/C11H11BrN2/c12-9-5-8-6-10-3-1-2-4-14(10)11(8)13-7-9/h5-7H,1-4H2. The predicted octanol–water partition coefficient (Wildman–Crippen LogP) is 3.14. The van der Waals surface area contributed by atoms with E-state index < -0.39 is 0 Å². The molecule has 0 aromatic carbocycles. The van der Waals surface area contributed by atoms with Crippen molar-refractivity contribution in [2.75, 3.05) is 0 Å². The number of fused-ring (bicyclic) bond motifs is 3. The van der Waals surface area contributed by atoms with E-state index in [4.69, 9.17) is 0 Å². The number of aromatic nitrogens is 2. The van der Waals surface area contributed by atoms with Gasteiger partial charge >= 0.3 is 0 Å². The van der Waals surface area contributed by atoms with Crippen LogP contribution in [0.2, 0.25) is 0 Å². The second-order valence-corrected chi connectivity index (χ2v) is 4.73. The van der Waals surface area contributed by atoms with Crippen molar-refractivity contribution in [2.24, 2.45) is 0 Å². The molecule has 2 nitrogen and oxygen atoms in total. The largest absolute Gasteiger partial charge is 0.330 e. The number of hydrogen-bond donors (Lipinski definition) is 0. The molecular weight excluding hydrogens is 240 g/mol. The average molecular weight is 251 g/mol. The SMILES string of the molecule is Brc1cnc2c(c1)cc1n2CCCC1. The maximum atomic E-state index is 4.47. The highest BCUT2D eigenvalue weighted by Crippen LogP contribution is 2.25. The summed E-state index contributed by atoms with van der Waals surface area (Å²) in [5.74, 6) is 0. The topological polar surface area (TPSA) is 17.8 Å². The fraction of sp³-hybridized carbons (Fsp3) is 0.364. The molecule has 0 amide bonds. The van der Waals surface area contributed by atoms with Crippen LogP contribution in [-0.4, -0.2) is 9.55 Å². The minimum absolute atomic E-state index is 1.06. The Morgan fingerprint density at radius 1 is 1.29 bits per heavy atom. The first-order chi connectivity index (χ1) is 6.84. The van der Waals surface area contributed by atoms with Crippen molar-refractivity contribution in [1.82, 2.24) is 9.55 Å². The van der Waals surface area contributed by atoms with Gasteiger partial charge in [-0.15, -0.1) is 0 Å². The summed E-state index contributed by atoms with van der Waals surface area (Å²) in [6.07, 6.45) is 5.68. The Balaban J connectivity index is 2.31. The first-order valence-corrected chi connectivity index (χ1v) is 5.77. The van der Waals surface area contributed by atoms with E-state index in [1.54, 1.807) is 0 Å². The van der Waals surface area contributed by atoms with E-state index in [1.165, 1.54) is 30.3 Å². The van der Waals surface area contributed by atoms with Crippen molar-refractivity contribution in [3.05, 3.63) is 28.5 Å². The third-order valence-electron chi connectivity index (χ3n) is 2.85. The van der Waals surface area contributed by atoms with E-state index in [2.05, 4.69) is 37.6 Å². The monoisotopic (exact) mass is 250 g/mol. The van der Waals surface area contributed by atoms with Crippen molar-refractivity contribution in [3.63, 3.8) is 0 Å². The van der Waals surface area contributed by atoms with Gasteiger partial charge in [0.25, 0.3) is 0 Å². The molecule has 1 aliphatic rings. The molecule has 0 radical (unpaired) electrons. The van der Waals surface area contributed by atoms with Crippen LogP contribution >= 0.6 is 15.9 Å². The minimum Gasteiger partial charge on any atom is -0.330 e. The van der Waals surface area contributed by atoms with Crippen molar-refractivity contribution in [3.8, 4) is 0 Å². The van der Waals surface area contributed by atoms with Crippen LogP contribution in [0.4, 0.5) is 0 Å². The summed E-state index contributed by atoms with van der Waals surface area (Å²) in [4.78, 5) is 4.47. The fourth-order valence-electron chi connectivity index (χ4n) is 2.21. The molecule has 3 heterocycles. The normalized spacial score (nSPS) is 15.8. The highest BCUT2D eigenvalue weighted by molar-refractivity contribution is 9.10. The van der Waals surface area contributed by atoms with Crippen LogP contribution < -0.4 is 0 Å². The van der Waals surface area contributed by atoms with Gasteiger partial charge < -0.3 is 4.57 Å². The van der Waals surface area contributed by atoms with E-state index in [-0.39, 0.29) is 0 Å². The molecule has 2 aromatic heterocycles. The van der Waals surface area contributed by atoms with E-state index >= 15 is 0 Å². The zero-order valence-electron chi connectivity index (χ0n) is 7.83. The Morgan fingerprint density at radius 3 is 3.14 bits per heavy atom. The molecule has 0 unspecified atom stereocenters. The molecule has 72 valence electrons. The molecule has 0 spiro atoms. The second-order valence-electron chi connectivity index (χ2n) is 3.81. The van der Waals surface area contributed by atoms with Gasteiger partial charge in [-0.3, -0.25) is 0 Å². The molecule has 0 N–H and O–H groups in total. The molecule has 14 heavy (non-hydrogen) atoms. The lowest BCUT2D eigenvalue weighted by molar-refractivity contribution is 0.542. The van der Waals surface area contributed by atoms with Gasteiger partial charge in [-0.2, -0.15) is 0 Å². The second kappa shape index (κ2) is 3.09. The molecule has 0 fully saturated rings. The summed E-state index contributed by atoms with van der Waals surface area (Å²) < 4.78 is 3.42. The lowest BCUT2D eigenvalue weighted by Gasteiger charge is -2.14. The van der Waals surface area contributed by atoms with Gasteiger partial charge in [0.2, 0.25) is 0 Å². The zero-order chi connectivity index (χ0) is 9.54. The molecule has 1 aliphatic heterocycles. The predicted molar refractivity (Wildman–Crippen MR) is 60.4 cm³/mol. The lowest BCUT2D eigenvalue weighted by atomic mass is 10.1. The Kier molecular flexibility index (Phi) is 1.87. The quantitative estimate of drug-likeness (QED) is 0.703. The molecule has 0 saturated heterocycles. The van der Waals surface area contributed by atoms with Crippen LogP contribution in [0.3, 0.4) is 0 Å². The molecule has 0 bridgehead atoms. The first kappa shape index (κ1) is 8.48. The Morgan fingerprint density at radius 2 is 2.21 bits per heavy atom. The van der Waals surface area contributed by atoms with Gasteiger partial charge in [0.15, 0.2) is 0 Å². The third kappa shape index (κ3) is 1.19. The summed E-state index contributed by atoms with van der Waals surface area (Å²) >= 11 is 3.45. The number of pyridine rings is 1. The zero-order valence-corrected chi connectivity index (χ0v) is 9.42. The summed E-state index contributed by atoms with van der Waals surface area (Å²) in [6.45, 7) is 1.13. The molecule has 3 heteroatoms. The average Bonchev–Trinajstić information content (AvgIpc) is 2.54. The Hall–Kier alpha value is -0.830. The minimum atomic E-state index is 1.06. The molecular formula is C11H11BrN2. The molecule has 2 aromatic rings. The van der Waals surface area contributed by atoms with E-state index in [9.17, 15) is 0 Å². The van der Waals surface area contributed by atoms with Crippen molar-refractivity contribution >= 4 is 27.0 Å². The maximum Gasteiger partial charge on any atom is 0.140 e. The summed E-state index contributed by atoms with van der Waals surface area (Å²) in [5.41, 5.74) is 2.58. The van der Waals surface area contributed by atoms with Crippen LogP contribution in [-0.2, 0) is 13.0 Å². The van der Waals surface area contributed by atoms with E-state index in [0.29, 0.717) is 0 Å². The van der Waals surface area contributed by atoms with Crippen LogP contribution in [0.5, 0.6) is 0 Å². The lowest BCUT2D eigenvalue weighted by Crippen LogP contribution is -2.09. The van der Waals surface area contributed by atoms with E-state index in [1.807, 2.05) is 6.20 Å². The highest BCUT2D eigenvalue weighted by Gasteiger charge is 2.13. The van der Waals surface area contributed by atoms with E-state index in [0.717, 1.165) is 16.7 Å². The van der Waals surface area contributed by atoms with Gasteiger partial charge in [-0.05, 0) is 47.3 Å². The van der Waals surface area contributed by atoms with Crippen molar-refractivity contribution in [1.29, 1.82) is 0 Å². The van der Waals surface area contributed by atoms with Gasteiger partial charge in [0.05, 0.1) is 0 Å². The molecule has 0 saturated carbocycles. The van der Waals surface area contributed by atoms with Gasteiger partial charge in [0.1, 0.15) is 5.65 Å². The smallest absolute Gasteiger partial charge is 0.140 e. The summed E-state index contributed by atoms with van der Waals surface area (Å²) in [7, 11) is 0. The first-order valence-electron chi connectivity index (χ1n) is 4.98. The number of rotatable bonds is 0. The number of nitrogens with zero attached hydrogens (tertiary/aromatic N) is 2. The van der Waals surface area contributed by atoms with Crippen LogP contribution in [0.15, 0.2) is 22.8 Å². The van der Waals surface area contributed by atoms with Crippen LogP contribution in [0.1, 0.15) is 18.5 Å². The van der Waals surface area contributed by atoms with Crippen molar-refractivity contribution in [2.45, 2.75) is 25.8 Å². The van der Waals surface area contributed by atoms with Gasteiger partial charge in [-0.25, -0.2) is 4.98 Å².